The molecule has 10 heteroatoms. The molecule has 0 unspecified atom stereocenters. The molecule has 1 aliphatic heterocycles. The fourth-order valence-corrected chi connectivity index (χ4v) is 4.26. The Morgan fingerprint density at radius 1 is 1.31 bits per heavy atom. The summed E-state index contributed by atoms with van der Waals surface area (Å²) in [4.78, 5) is 40.6. The molecule has 0 saturated carbocycles. The van der Waals surface area contributed by atoms with Gasteiger partial charge in [-0.05, 0) is 31.2 Å². The quantitative estimate of drug-likeness (QED) is 0.478. The van der Waals surface area contributed by atoms with Crippen LogP contribution in [0.1, 0.15) is 17.4 Å². The van der Waals surface area contributed by atoms with E-state index in [1.165, 1.54) is 6.33 Å². The number of benzene rings is 1. The van der Waals surface area contributed by atoms with Crippen molar-refractivity contribution in [2.45, 2.75) is 13.0 Å². The molecule has 1 fully saturated rings. The predicted molar refractivity (Wildman–Crippen MR) is 111 cm³/mol. The van der Waals surface area contributed by atoms with Gasteiger partial charge < -0.3 is 24.9 Å². The van der Waals surface area contributed by atoms with E-state index in [0.29, 0.717) is 36.9 Å². The first-order valence-corrected chi connectivity index (χ1v) is 10.0. The van der Waals surface area contributed by atoms with Crippen molar-refractivity contribution in [1.82, 2.24) is 24.8 Å². The molecule has 0 radical (unpaired) electrons. The van der Waals surface area contributed by atoms with Crippen molar-refractivity contribution in [3.8, 4) is 0 Å². The number of hydrogen-bond acceptors (Lipinski definition) is 7. The number of rotatable bonds is 3. The van der Waals surface area contributed by atoms with E-state index in [1.807, 2.05) is 25.1 Å². The average molecular weight is 410 g/mol. The van der Waals surface area contributed by atoms with Gasteiger partial charge in [0, 0.05) is 18.8 Å². The van der Waals surface area contributed by atoms with Gasteiger partial charge in [0.2, 0.25) is 0 Å². The minimum atomic E-state index is -0.0900. The van der Waals surface area contributed by atoms with Crippen LogP contribution in [-0.4, -0.2) is 56.5 Å². The minimum absolute atomic E-state index is 0.0214. The largest absolute Gasteiger partial charge is 0.375 e. The van der Waals surface area contributed by atoms with E-state index in [9.17, 15) is 9.59 Å². The second-order valence-electron chi connectivity index (χ2n) is 6.95. The van der Waals surface area contributed by atoms with Crippen molar-refractivity contribution in [2.75, 3.05) is 25.0 Å². The summed E-state index contributed by atoms with van der Waals surface area (Å²) in [5.41, 5.74) is 2.65. The zero-order chi connectivity index (χ0) is 20.0. The van der Waals surface area contributed by atoms with Crippen LogP contribution in [-0.2, 0) is 4.74 Å². The van der Waals surface area contributed by atoms with Crippen LogP contribution in [0.4, 0.5) is 11.5 Å². The third-order valence-corrected chi connectivity index (χ3v) is 5.71. The molecule has 1 aliphatic rings. The molecule has 4 heterocycles. The van der Waals surface area contributed by atoms with Crippen molar-refractivity contribution in [2.24, 2.45) is 0 Å². The Bertz CT molecular complexity index is 1280. The average Bonchev–Trinajstić information content (AvgIpc) is 3.30. The lowest BCUT2D eigenvalue weighted by molar-refractivity contribution is -0.0126. The van der Waals surface area contributed by atoms with E-state index >= 15 is 0 Å². The van der Waals surface area contributed by atoms with Gasteiger partial charge >= 0.3 is 4.87 Å². The maximum absolute atomic E-state index is 12.9. The van der Waals surface area contributed by atoms with E-state index in [-0.39, 0.29) is 16.9 Å². The zero-order valence-corrected chi connectivity index (χ0v) is 16.4. The topological polar surface area (TPSA) is 116 Å². The summed E-state index contributed by atoms with van der Waals surface area (Å²) in [6.07, 6.45) is 1.47. The highest BCUT2D eigenvalue weighted by Crippen LogP contribution is 2.27. The van der Waals surface area contributed by atoms with Gasteiger partial charge in [0.1, 0.15) is 23.5 Å². The summed E-state index contributed by atoms with van der Waals surface area (Å²) < 4.78 is 6.37. The number of thiazole rings is 1. The number of morpholine rings is 1. The summed E-state index contributed by atoms with van der Waals surface area (Å²) in [6.45, 7) is 3.61. The number of fused-ring (bicyclic) bond motifs is 2. The Labute approximate surface area is 168 Å². The van der Waals surface area contributed by atoms with Gasteiger partial charge in [-0.3, -0.25) is 9.59 Å². The fraction of sp³-hybridized carbons (Fsp3) is 0.263. The lowest BCUT2D eigenvalue weighted by atomic mass is 10.2. The highest BCUT2D eigenvalue weighted by atomic mass is 32.1. The van der Waals surface area contributed by atoms with Crippen molar-refractivity contribution in [3.05, 3.63) is 46.0 Å². The van der Waals surface area contributed by atoms with Gasteiger partial charge in [0.15, 0.2) is 0 Å². The molecule has 1 saturated heterocycles. The maximum Gasteiger partial charge on any atom is 0.305 e. The number of nitrogens with zero attached hydrogens (tertiary/aromatic N) is 3. The normalized spacial score (nSPS) is 17.1. The highest BCUT2D eigenvalue weighted by Gasteiger charge is 2.24. The van der Waals surface area contributed by atoms with Gasteiger partial charge in [-0.15, -0.1) is 0 Å². The molecular weight excluding hydrogens is 392 g/mol. The number of aromatic amines is 2. The van der Waals surface area contributed by atoms with Crippen LogP contribution in [0.25, 0.3) is 21.3 Å². The molecule has 3 N–H and O–H groups in total. The monoisotopic (exact) mass is 410 g/mol. The van der Waals surface area contributed by atoms with E-state index in [0.717, 1.165) is 32.6 Å². The van der Waals surface area contributed by atoms with Crippen LogP contribution in [0.3, 0.4) is 0 Å². The van der Waals surface area contributed by atoms with E-state index in [2.05, 4.69) is 25.3 Å². The summed E-state index contributed by atoms with van der Waals surface area (Å²) in [7, 11) is 0. The molecule has 0 spiro atoms. The number of carbonyl (C=O) groups excluding carboxylic acids is 1. The molecule has 1 amide bonds. The van der Waals surface area contributed by atoms with E-state index < -0.39 is 0 Å². The number of H-pyrrole nitrogens is 2. The van der Waals surface area contributed by atoms with Crippen LogP contribution in [0.15, 0.2) is 35.4 Å². The first-order valence-electron chi connectivity index (χ1n) is 9.21. The third-order valence-electron chi connectivity index (χ3n) is 4.87. The molecular formula is C19H18N6O3S. The van der Waals surface area contributed by atoms with Gasteiger partial charge in [0.25, 0.3) is 5.91 Å². The number of ether oxygens (including phenoxy) is 1. The Hall–Kier alpha value is -3.24. The number of nitrogens with one attached hydrogen (secondary N) is 3. The molecule has 4 aromatic rings. The maximum atomic E-state index is 12.9. The smallest absolute Gasteiger partial charge is 0.305 e. The van der Waals surface area contributed by atoms with Crippen LogP contribution in [0, 0.1) is 0 Å². The first kappa shape index (κ1) is 17.8. The molecule has 9 nitrogen and oxygen atoms in total. The SMILES string of the molecule is C[C@@H]1CN(C(=O)c2cc3c(Nc4ccc5[nH]c(=O)sc5c4)ncnc3[nH]2)CCO1. The molecule has 29 heavy (non-hydrogen) atoms. The third kappa shape index (κ3) is 3.36. The second kappa shape index (κ2) is 6.98. The fourth-order valence-electron chi connectivity index (χ4n) is 3.49. The summed E-state index contributed by atoms with van der Waals surface area (Å²) in [6, 6.07) is 7.37. The Morgan fingerprint density at radius 2 is 2.21 bits per heavy atom. The molecule has 0 bridgehead atoms. The minimum Gasteiger partial charge on any atom is -0.375 e. The Balaban J connectivity index is 1.46. The van der Waals surface area contributed by atoms with Gasteiger partial charge in [0.05, 0.1) is 28.3 Å². The Morgan fingerprint density at radius 3 is 3.07 bits per heavy atom. The molecule has 0 aliphatic carbocycles. The summed E-state index contributed by atoms with van der Waals surface area (Å²) in [5, 5.41) is 3.98. The molecule has 148 valence electrons. The summed E-state index contributed by atoms with van der Waals surface area (Å²) in [5.74, 6) is 0.505. The number of anilines is 2. The van der Waals surface area contributed by atoms with E-state index in [4.69, 9.17) is 4.74 Å². The number of hydrogen-bond donors (Lipinski definition) is 3. The Kier molecular flexibility index (Phi) is 4.29. The standard InChI is InChI=1S/C19H18N6O3S/c1-10-8-25(4-5-28-10)18(26)14-7-12-16(20-9-21-17(12)23-14)22-11-2-3-13-15(6-11)29-19(27)24-13/h2-3,6-7,9-10H,4-5,8H2,1H3,(H,24,27)(H2,20,21,22,23)/t10-/m1/s1. The predicted octanol–water partition coefficient (Wildman–Crippen LogP) is 2.47. The number of carbonyl (C=O) groups is 1. The summed E-state index contributed by atoms with van der Waals surface area (Å²) >= 11 is 1.15. The molecule has 5 rings (SSSR count). The van der Waals surface area contributed by atoms with E-state index in [1.54, 1.807) is 11.0 Å². The zero-order valence-electron chi connectivity index (χ0n) is 15.6. The lowest BCUT2D eigenvalue weighted by Crippen LogP contribution is -2.44. The van der Waals surface area contributed by atoms with Crippen molar-refractivity contribution in [1.29, 1.82) is 0 Å². The molecule has 1 atom stereocenters. The lowest BCUT2D eigenvalue weighted by Gasteiger charge is -2.30. The van der Waals surface area contributed by atoms with Crippen molar-refractivity contribution in [3.63, 3.8) is 0 Å². The first-order chi connectivity index (χ1) is 14.1. The van der Waals surface area contributed by atoms with Crippen molar-refractivity contribution < 1.29 is 9.53 Å². The molecule has 1 aromatic carbocycles. The highest BCUT2D eigenvalue weighted by molar-refractivity contribution is 7.16. The number of aromatic nitrogens is 4. The second-order valence-corrected chi connectivity index (χ2v) is 7.97. The van der Waals surface area contributed by atoms with Crippen molar-refractivity contribution >= 4 is 50.0 Å². The van der Waals surface area contributed by atoms with Crippen LogP contribution < -0.4 is 10.2 Å². The van der Waals surface area contributed by atoms with Gasteiger partial charge in [-0.1, -0.05) is 11.3 Å². The van der Waals surface area contributed by atoms with Gasteiger partial charge in [-0.25, -0.2) is 9.97 Å². The van der Waals surface area contributed by atoms with Crippen LogP contribution in [0.5, 0.6) is 0 Å². The molecule has 3 aromatic heterocycles. The number of amides is 1. The van der Waals surface area contributed by atoms with Crippen LogP contribution >= 0.6 is 11.3 Å². The van der Waals surface area contributed by atoms with Crippen LogP contribution in [0.2, 0.25) is 0 Å². The van der Waals surface area contributed by atoms with Gasteiger partial charge in [-0.2, -0.15) is 0 Å².